The molecule has 2 amide bonds. The minimum absolute atomic E-state index is 0.00323. The Labute approximate surface area is 197 Å². The van der Waals surface area contributed by atoms with Crippen LogP contribution in [0, 0.1) is 23.2 Å². The van der Waals surface area contributed by atoms with E-state index in [0.717, 1.165) is 32.1 Å². The number of nitrogens with two attached hydrogens (primary N) is 1. The van der Waals surface area contributed by atoms with Crippen LogP contribution in [0.1, 0.15) is 56.3 Å². The second kappa shape index (κ2) is 8.25. The van der Waals surface area contributed by atoms with Crippen LogP contribution in [0.15, 0.2) is 30.7 Å². The standard InChI is InChI=1S/C24H31FN6O3/c1-23(2,14-25)4-7-31-21(30-6-3-5-27-30)18(13-28-31)20(32)29-19-16-8-15-9-17(19)12-24(10-15,11-16)34-22(26)33/h3-7,13,15-17,19H,8-12,14H2,1-2H3,(H2,26,33)(H,29,32)/b7-4+. The molecule has 2 aromatic rings. The summed E-state index contributed by atoms with van der Waals surface area (Å²) in [6.45, 7) is 3.06. The number of carbonyl (C=O) groups is 2. The van der Waals surface area contributed by atoms with E-state index in [2.05, 4.69) is 15.5 Å². The van der Waals surface area contributed by atoms with Gasteiger partial charge in [0, 0.05) is 30.1 Å². The van der Waals surface area contributed by atoms with Gasteiger partial charge in [-0.2, -0.15) is 10.2 Å². The van der Waals surface area contributed by atoms with Gasteiger partial charge in [-0.1, -0.05) is 19.9 Å². The highest BCUT2D eigenvalue weighted by atomic mass is 19.1. The van der Waals surface area contributed by atoms with E-state index in [1.54, 1.807) is 53.9 Å². The Morgan fingerprint density at radius 2 is 2.03 bits per heavy atom. The SMILES string of the molecule is CC(C)(/C=C/n1ncc(C(=O)NC2C3CC4CC2CC(OC(N)=O)(C4)C3)c1-n1cccn1)CF. The van der Waals surface area contributed by atoms with Gasteiger partial charge < -0.3 is 15.8 Å². The number of hydrogen-bond acceptors (Lipinski definition) is 5. The van der Waals surface area contributed by atoms with Crippen LogP contribution in [-0.4, -0.2) is 49.9 Å². The summed E-state index contributed by atoms with van der Waals surface area (Å²) in [5.74, 6) is 1.24. The van der Waals surface area contributed by atoms with E-state index in [4.69, 9.17) is 10.5 Å². The van der Waals surface area contributed by atoms with Gasteiger partial charge in [0.2, 0.25) is 0 Å². The number of nitrogens with zero attached hydrogens (tertiary/aromatic N) is 4. The number of hydrogen-bond donors (Lipinski definition) is 2. The molecule has 6 rings (SSSR count). The maximum Gasteiger partial charge on any atom is 0.405 e. The normalized spacial score (nSPS) is 30.1. The first-order chi connectivity index (χ1) is 16.2. The first kappa shape index (κ1) is 22.6. The average molecular weight is 471 g/mol. The van der Waals surface area contributed by atoms with Crippen LogP contribution < -0.4 is 11.1 Å². The van der Waals surface area contributed by atoms with Gasteiger partial charge in [0.05, 0.1) is 12.9 Å². The molecule has 0 saturated heterocycles. The van der Waals surface area contributed by atoms with Crippen LogP contribution in [0.5, 0.6) is 0 Å². The number of ether oxygens (including phenoxy) is 1. The highest BCUT2D eigenvalue weighted by Crippen LogP contribution is 2.57. The van der Waals surface area contributed by atoms with E-state index in [1.807, 2.05) is 0 Å². The zero-order chi connectivity index (χ0) is 24.1. The number of carbonyl (C=O) groups excluding carboxylic acids is 2. The van der Waals surface area contributed by atoms with E-state index in [-0.39, 0.29) is 23.8 Å². The van der Waals surface area contributed by atoms with Crippen molar-refractivity contribution in [2.45, 2.75) is 57.6 Å². The lowest BCUT2D eigenvalue weighted by Crippen LogP contribution is -2.63. The summed E-state index contributed by atoms with van der Waals surface area (Å²) in [6.07, 6.45) is 11.9. The molecule has 0 spiro atoms. The lowest BCUT2D eigenvalue weighted by atomic mass is 9.52. The second-order valence-electron chi connectivity index (χ2n) is 10.8. The monoisotopic (exact) mass is 470 g/mol. The number of nitrogens with one attached hydrogen (secondary N) is 1. The van der Waals surface area contributed by atoms with Crippen LogP contribution in [0.25, 0.3) is 12.0 Å². The molecule has 2 unspecified atom stereocenters. The number of alkyl halides is 1. The van der Waals surface area contributed by atoms with Crippen LogP contribution in [0.2, 0.25) is 0 Å². The molecule has 4 bridgehead atoms. The Balaban J connectivity index is 1.39. The first-order valence-corrected chi connectivity index (χ1v) is 11.8. The molecule has 34 heavy (non-hydrogen) atoms. The van der Waals surface area contributed by atoms with Crippen LogP contribution in [0.4, 0.5) is 9.18 Å². The Bertz CT molecular complexity index is 1090. The number of amides is 2. The van der Waals surface area contributed by atoms with E-state index in [9.17, 15) is 14.0 Å². The molecule has 0 aliphatic heterocycles. The Hall–Kier alpha value is -3.17. The molecule has 182 valence electrons. The van der Waals surface area contributed by atoms with E-state index < -0.39 is 23.8 Å². The van der Waals surface area contributed by atoms with Crippen molar-refractivity contribution >= 4 is 18.2 Å². The van der Waals surface area contributed by atoms with Crippen LogP contribution >= 0.6 is 0 Å². The Morgan fingerprint density at radius 1 is 1.29 bits per heavy atom. The predicted octanol–water partition coefficient (Wildman–Crippen LogP) is 3.31. The maximum absolute atomic E-state index is 13.5. The molecule has 3 N–H and O–H groups in total. The fourth-order valence-corrected chi connectivity index (χ4v) is 6.32. The van der Waals surface area contributed by atoms with Crippen molar-refractivity contribution in [3.63, 3.8) is 0 Å². The van der Waals surface area contributed by atoms with Crippen molar-refractivity contribution in [1.82, 2.24) is 24.9 Å². The van der Waals surface area contributed by atoms with Crippen molar-refractivity contribution in [3.8, 4) is 5.82 Å². The summed E-state index contributed by atoms with van der Waals surface area (Å²) in [6, 6.07) is 1.77. The highest BCUT2D eigenvalue weighted by molar-refractivity contribution is 5.97. The van der Waals surface area contributed by atoms with Gasteiger partial charge in [-0.05, 0) is 55.9 Å². The lowest BCUT2D eigenvalue weighted by molar-refractivity contribution is -0.137. The van der Waals surface area contributed by atoms with Crippen molar-refractivity contribution in [2.75, 3.05) is 6.67 Å². The minimum Gasteiger partial charge on any atom is -0.443 e. The summed E-state index contributed by atoms with van der Waals surface area (Å²) in [5.41, 5.74) is 4.61. The average Bonchev–Trinajstić information content (AvgIpc) is 3.43. The summed E-state index contributed by atoms with van der Waals surface area (Å²) < 4.78 is 22.0. The number of halogens is 1. The minimum atomic E-state index is -0.720. The molecular formula is C24H31FN6O3. The topological polar surface area (TPSA) is 117 Å². The first-order valence-electron chi connectivity index (χ1n) is 11.8. The fraction of sp³-hybridized carbons (Fsp3) is 0.583. The van der Waals surface area contributed by atoms with Gasteiger partial charge in [-0.15, -0.1) is 0 Å². The van der Waals surface area contributed by atoms with Crippen molar-refractivity contribution in [1.29, 1.82) is 0 Å². The van der Waals surface area contributed by atoms with Gasteiger partial charge >= 0.3 is 6.09 Å². The zero-order valence-corrected chi connectivity index (χ0v) is 19.5. The van der Waals surface area contributed by atoms with Gasteiger partial charge in [0.15, 0.2) is 5.82 Å². The predicted molar refractivity (Wildman–Crippen MR) is 123 cm³/mol. The summed E-state index contributed by atoms with van der Waals surface area (Å²) in [4.78, 5) is 25.0. The molecule has 9 nitrogen and oxygen atoms in total. The van der Waals surface area contributed by atoms with Crippen molar-refractivity contribution < 1.29 is 18.7 Å². The number of primary amides is 1. The highest BCUT2D eigenvalue weighted by Gasteiger charge is 2.57. The van der Waals surface area contributed by atoms with Gasteiger partial charge in [-0.3, -0.25) is 9.18 Å². The van der Waals surface area contributed by atoms with Crippen molar-refractivity contribution in [2.24, 2.45) is 28.9 Å². The summed E-state index contributed by atoms with van der Waals surface area (Å²) in [5, 5.41) is 11.9. The zero-order valence-electron chi connectivity index (χ0n) is 19.5. The quantitative estimate of drug-likeness (QED) is 0.644. The maximum atomic E-state index is 13.5. The van der Waals surface area contributed by atoms with E-state index in [0.29, 0.717) is 17.3 Å². The number of aromatic nitrogens is 4. The van der Waals surface area contributed by atoms with E-state index in [1.165, 1.54) is 6.20 Å². The third-order valence-electron chi connectivity index (χ3n) is 7.58. The molecule has 4 aliphatic rings. The largest absolute Gasteiger partial charge is 0.443 e. The molecule has 4 fully saturated rings. The van der Waals surface area contributed by atoms with Crippen molar-refractivity contribution in [3.05, 3.63) is 36.3 Å². The Morgan fingerprint density at radius 3 is 2.65 bits per heavy atom. The molecular weight excluding hydrogens is 439 g/mol. The van der Waals surface area contributed by atoms with Gasteiger partial charge in [0.1, 0.15) is 11.2 Å². The lowest BCUT2D eigenvalue weighted by Gasteiger charge is -2.58. The molecule has 2 heterocycles. The van der Waals surface area contributed by atoms with Crippen LogP contribution in [0.3, 0.4) is 0 Å². The molecule has 2 atom stereocenters. The summed E-state index contributed by atoms with van der Waals surface area (Å²) >= 11 is 0. The third-order valence-corrected chi connectivity index (χ3v) is 7.58. The van der Waals surface area contributed by atoms with Gasteiger partial charge in [-0.25, -0.2) is 14.2 Å². The molecule has 10 heteroatoms. The molecule has 0 aromatic carbocycles. The molecule has 2 aromatic heterocycles. The van der Waals surface area contributed by atoms with Gasteiger partial charge in [0.25, 0.3) is 5.91 Å². The second-order valence-corrected chi connectivity index (χ2v) is 10.8. The fourth-order valence-electron chi connectivity index (χ4n) is 6.32. The summed E-state index contributed by atoms with van der Waals surface area (Å²) in [7, 11) is 0. The number of allylic oxidation sites excluding steroid dienone is 1. The van der Waals surface area contributed by atoms with E-state index >= 15 is 0 Å². The Kier molecular flexibility index (Phi) is 5.49. The molecule has 4 aliphatic carbocycles. The smallest absolute Gasteiger partial charge is 0.405 e. The van der Waals surface area contributed by atoms with Crippen LogP contribution in [-0.2, 0) is 4.74 Å². The third kappa shape index (κ3) is 4.10. The molecule has 0 radical (unpaired) electrons. The number of rotatable bonds is 7. The molecule has 4 saturated carbocycles.